The molecule has 0 aliphatic heterocycles. The first-order chi connectivity index (χ1) is 14.3. The Bertz CT molecular complexity index is 981. The molecule has 3 aromatic rings. The highest BCUT2D eigenvalue weighted by atomic mass is 16.1. The number of rotatable bonds is 8. The molecule has 0 unspecified atom stereocenters. The molecule has 160 valence electrons. The van der Waals surface area contributed by atoms with E-state index in [0.717, 1.165) is 36.4 Å². The Kier molecular flexibility index (Phi) is 6.93. The number of amides is 1. The fourth-order valence-corrected chi connectivity index (χ4v) is 3.62. The van der Waals surface area contributed by atoms with E-state index >= 15 is 0 Å². The molecule has 1 N–H and O–H groups in total. The molecular weight excluding hydrogens is 372 g/mol. The Hall–Kier alpha value is -2.66. The van der Waals surface area contributed by atoms with Crippen molar-refractivity contribution in [3.63, 3.8) is 0 Å². The highest BCUT2D eigenvalue weighted by Crippen LogP contribution is 2.22. The van der Waals surface area contributed by atoms with Gasteiger partial charge in [-0.05, 0) is 62.3 Å². The number of para-hydroxylation sites is 2. The number of aromatic nitrogens is 2. The average molecular weight is 407 g/mol. The van der Waals surface area contributed by atoms with Crippen molar-refractivity contribution >= 4 is 16.9 Å². The first kappa shape index (κ1) is 22.0. The lowest BCUT2D eigenvalue weighted by Gasteiger charge is -2.19. The van der Waals surface area contributed by atoms with Gasteiger partial charge in [-0.2, -0.15) is 0 Å². The fourth-order valence-electron chi connectivity index (χ4n) is 3.62. The number of fused-ring (bicyclic) bond motifs is 1. The van der Waals surface area contributed by atoms with Gasteiger partial charge in [0, 0.05) is 25.1 Å². The van der Waals surface area contributed by atoms with Crippen molar-refractivity contribution in [3.8, 4) is 0 Å². The Balaban J connectivity index is 1.64. The predicted molar refractivity (Wildman–Crippen MR) is 124 cm³/mol. The van der Waals surface area contributed by atoms with Crippen molar-refractivity contribution < 1.29 is 4.79 Å². The summed E-state index contributed by atoms with van der Waals surface area (Å²) >= 11 is 0. The lowest BCUT2D eigenvalue weighted by Crippen LogP contribution is -2.26. The summed E-state index contributed by atoms with van der Waals surface area (Å²) in [4.78, 5) is 19.6. The molecule has 5 heteroatoms. The van der Waals surface area contributed by atoms with Gasteiger partial charge >= 0.3 is 0 Å². The summed E-state index contributed by atoms with van der Waals surface area (Å²) in [5.41, 5.74) is 4.19. The third-order valence-electron chi connectivity index (χ3n) is 5.37. The van der Waals surface area contributed by atoms with Crippen LogP contribution in [0.5, 0.6) is 0 Å². The monoisotopic (exact) mass is 406 g/mol. The van der Waals surface area contributed by atoms with Crippen LogP contribution in [0.2, 0.25) is 0 Å². The Morgan fingerprint density at radius 1 is 1.07 bits per heavy atom. The minimum absolute atomic E-state index is 0.0364. The average Bonchev–Trinajstić information content (AvgIpc) is 3.05. The van der Waals surface area contributed by atoms with Crippen LogP contribution in [-0.4, -0.2) is 47.5 Å². The number of carbonyl (C=O) groups is 1. The van der Waals surface area contributed by atoms with Crippen molar-refractivity contribution in [1.82, 2.24) is 19.8 Å². The van der Waals surface area contributed by atoms with Crippen LogP contribution < -0.4 is 5.32 Å². The molecule has 0 fully saturated rings. The van der Waals surface area contributed by atoms with Gasteiger partial charge in [0.1, 0.15) is 5.82 Å². The normalized spacial score (nSPS) is 11.9. The molecular formula is C25H34N4O. The van der Waals surface area contributed by atoms with Gasteiger partial charge < -0.3 is 14.8 Å². The second-order valence-corrected chi connectivity index (χ2v) is 9.16. The molecule has 1 amide bonds. The second kappa shape index (κ2) is 9.43. The van der Waals surface area contributed by atoms with Crippen LogP contribution in [0.3, 0.4) is 0 Å². The van der Waals surface area contributed by atoms with E-state index in [0.29, 0.717) is 18.5 Å². The second-order valence-electron chi connectivity index (χ2n) is 9.16. The van der Waals surface area contributed by atoms with Crippen LogP contribution in [0, 0.1) is 0 Å². The van der Waals surface area contributed by atoms with E-state index in [1.165, 1.54) is 5.56 Å². The predicted octanol–water partition coefficient (Wildman–Crippen LogP) is 4.26. The van der Waals surface area contributed by atoms with Crippen LogP contribution in [0.1, 0.15) is 48.9 Å². The maximum Gasteiger partial charge on any atom is 0.251 e. The number of aryl methyl sites for hydroxylation is 1. The van der Waals surface area contributed by atoms with Gasteiger partial charge in [-0.1, -0.05) is 45.0 Å². The molecule has 0 aliphatic carbocycles. The van der Waals surface area contributed by atoms with Gasteiger partial charge in [0.25, 0.3) is 5.91 Å². The highest BCUT2D eigenvalue weighted by molar-refractivity contribution is 5.94. The summed E-state index contributed by atoms with van der Waals surface area (Å²) in [6.45, 7) is 9.05. The summed E-state index contributed by atoms with van der Waals surface area (Å²) in [5, 5.41) is 3.05. The molecule has 0 spiro atoms. The summed E-state index contributed by atoms with van der Waals surface area (Å²) in [5.74, 6) is 0.990. The van der Waals surface area contributed by atoms with Gasteiger partial charge in [0.15, 0.2) is 0 Å². The van der Waals surface area contributed by atoms with E-state index in [4.69, 9.17) is 4.98 Å². The topological polar surface area (TPSA) is 50.2 Å². The van der Waals surface area contributed by atoms with Gasteiger partial charge in [-0.3, -0.25) is 4.79 Å². The van der Waals surface area contributed by atoms with Crippen molar-refractivity contribution in [1.29, 1.82) is 0 Å². The Labute approximate surface area is 180 Å². The molecule has 3 rings (SSSR count). The first-order valence-corrected chi connectivity index (χ1v) is 10.7. The summed E-state index contributed by atoms with van der Waals surface area (Å²) in [6.07, 6.45) is 1.77. The van der Waals surface area contributed by atoms with E-state index in [1.807, 2.05) is 30.3 Å². The highest BCUT2D eigenvalue weighted by Gasteiger charge is 2.15. The van der Waals surface area contributed by atoms with Crippen LogP contribution in [0.4, 0.5) is 0 Å². The van der Waals surface area contributed by atoms with E-state index < -0.39 is 0 Å². The SMILES string of the molecule is CN(C)CCCn1c(CCNC(=O)c2ccc(C(C)(C)C)cc2)nc2ccccc21. The number of benzene rings is 2. The number of nitrogens with one attached hydrogen (secondary N) is 1. The van der Waals surface area contributed by atoms with E-state index in [-0.39, 0.29) is 11.3 Å². The van der Waals surface area contributed by atoms with E-state index in [1.54, 1.807) is 0 Å². The van der Waals surface area contributed by atoms with Crippen molar-refractivity contribution in [2.45, 2.75) is 45.6 Å². The molecule has 1 aromatic heterocycles. The summed E-state index contributed by atoms with van der Waals surface area (Å²) in [6, 6.07) is 16.1. The molecule has 30 heavy (non-hydrogen) atoms. The van der Waals surface area contributed by atoms with Crippen LogP contribution in [0.25, 0.3) is 11.0 Å². The van der Waals surface area contributed by atoms with E-state index in [2.05, 4.69) is 67.8 Å². The number of hydrogen-bond acceptors (Lipinski definition) is 3. The maximum atomic E-state index is 12.6. The minimum atomic E-state index is -0.0364. The maximum absolute atomic E-state index is 12.6. The summed E-state index contributed by atoms with van der Waals surface area (Å²) < 4.78 is 2.29. The van der Waals surface area contributed by atoms with Gasteiger partial charge in [-0.25, -0.2) is 4.98 Å². The van der Waals surface area contributed by atoms with Gasteiger partial charge in [-0.15, -0.1) is 0 Å². The van der Waals surface area contributed by atoms with Crippen LogP contribution >= 0.6 is 0 Å². The zero-order valence-corrected chi connectivity index (χ0v) is 18.9. The standard InChI is InChI=1S/C25H34N4O/c1-25(2,3)20-13-11-19(12-14-20)24(30)26-16-15-23-27-21-9-6-7-10-22(21)29(23)18-8-17-28(4)5/h6-7,9-14H,8,15-18H2,1-5H3,(H,26,30). The van der Waals surface area contributed by atoms with Crippen LogP contribution in [0.15, 0.2) is 48.5 Å². The minimum Gasteiger partial charge on any atom is -0.352 e. The number of imidazole rings is 1. The molecule has 5 nitrogen and oxygen atoms in total. The molecule has 2 aromatic carbocycles. The molecule has 0 radical (unpaired) electrons. The summed E-state index contributed by atoms with van der Waals surface area (Å²) in [7, 11) is 4.19. The van der Waals surface area contributed by atoms with Crippen molar-refractivity contribution in [2.75, 3.05) is 27.2 Å². The van der Waals surface area contributed by atoms with Crippen LogP contribution in [-0.2, 0) is 18.4 Å². The van der Waals surface area contributed by atoms with Gasteiger partial charge in [0.05, 0.1) is 11.0 Å². The molecule has 0 saturated carbocycles. The third-order valence-corrected chi connectivity index (χ3v) is 5.37. The molecule has 0 aliphatic rings. The van der Waals surface area contributed by atoms with Crippen molar-refractivity contribution in [2.24, 2.45) is 0 Å². The molecule has 0 saturated heterocycles. The lowest BCUT2D eigenvalue weighted by atomic mass is 9.87. The van der Waals surface area contributed by atoms with E-state index in [9.17, 15) is 4.79 Å². The Morgan fingerprint density at radius 2 is 1.77 bits per heavy atom. The zero-order valence-electron chi connectivity index (χ0n) is 18.9. The molecule has 0 bridgehead atoms. The number of carbonyl (C=O) groups excluding carboxylic acids is 1. The smallest absolute Gasteiger partial charge is 0.251 e. The molecule has 0 atom stereocenters. The third kappa shape index (κ3) is 5.48. The van der Waals surface area contributed by atoms with Gasteiger partial charge in [0.2, 0.25) is 0 Å². The molecule has 1 heterocycles. The number of nitrogens with zero attached hydrogens (tertiary/aromatic N) is 3. The lowest BCUT2D eigenvalue weighted by molar-refractivity contribution is 0.0954. The van der Waals surface area contributed by atoms with Crippen molar-refractivity contribution in [3.05, 3.63) is 65.5 Å². The largest absolute Gasteiger partial charge is 0.352 e. The number of hydrogen-bond donors (Lipinski definition) is 1. The first-order valence-electron chi connectivity index (χ1n) is 10.7. The Morgan fingerprint density at radius 3 is 2.43 bits per heavy atom. The fraction of sp³-hybridized carbons (Fsp3) is 0.440. The zero-order chi connectivity index (χ0) is 21.7. The quantitative estimate of drug-likeness (QED) is 0.608.